The van der Waals surface area contributed by atoms with Crippen molar-refractivity contribution in [3.8, 4) is 33.5 Å². The van der Waals surface area contributed by atoms with Crippen LogP contribution in [0.5, 0.6) is 0 Å². The first-order chi connectivity index (χ1) is 25.3. The Bertz CT molecular complexity index is 3210. The van der Waals surface area contributed by atoms with Gasteiger partial charge in [-0.25, -0.2) is 4.98 Å². The molecule has 0 aliphatic rings. The lowest BCUT2D eigenvalue weighted by atomic mass is 9.89. The minimum absolute atomic E-state index is 0.893. The maximum atomic E-state index is 6.57. The fourth-order valence-electron chi connectivity index (χ4n) is 8.06. The van der Waals surface area contributed by atoms with E-state index in [2.05, 4.69) is 132 Å². The first-order valence-electron chi connectivity index (χ1n) is 17.2. The van der Waals surface area contributed by atoms with Crippen LogP contribution in [0.3, 0.4) is 0 Å². The third-order valence-corrected chi connectivity index (χ3v) is 10.3. The lowest BCUT2D eigenvalue weighted by Gasteiger charge is -2.16. The van der Waals surface area contributed by atoms with Gasteiger partial charge in [0, 0.05) is 55.7 Å². The van der Waals surface area contributed by atoms with Crippen LogP contribution >= 0.6 is 0 Å². The van der Waals surface area contributed by atoms with E-state index in [0.29, 0.717) is 0 Å². The molecule has 0 radical (unpaired) electrons. The largest absolute Gasteiger partial charge is 0.455 e. The topological polar surface area (TPSA) is 51.8 Å². The summed E-state index contributed by atoms with van der Waals surface area (Å²) in [5, 5.41) is 10.1. The third kappa shape index (κ3) is 4.17. The Balaban J connectivity index is 1.13. The summed E-state index contributed by atoms with van der Waals surface area (Å²) in [4.78, 5) is 14.7. The SMILES string of the molecule is c1cc(-c2ccc(-c3cc4cccnc4c4ncccc34)c3ccccc23)cc(-c2nc3ccccc3c3c2ccc2c4ccccc4oc23)c1. The molecule has 0 saturated heterocycles. The van der Waals surface area contributed by atoms with Crippen LogP contribution < -0.4 is 0 Å². The number of aromatic nitrogens is 3. The summed E-state index contributed by atoms with van der Waals surface area (Å²) in [6, 6.07) is 53.6. The second-order valence-corrected chi connectivity index (χ2v) is 13.1. The lowest BCUT2D eigenvalue weighted by molar-refractivity contribution is 0.673. The van der Waals surface area contributed by atoms with Gasteiger partial charge in [0.05, 0.1) is 22.2 Å². The minimum atomic E-state index is 0.893. The van der Waals surface area contributed by atoms with Crippen molar-refractivity contribution in [1.29, 1.82) is 0 Å². The molecule has 11 aromatic rings. The van der Waals surface area contributed by atoms with Gasteiger partial charge < -0.3 is 4.42 Å². The molecular weight excluding hydrogens is 623 g/mol. The molecule has 4 heteroatoms. The molecule has 0 aliphatic heterocycles. The van der Waals surface area contributed by atoms with Gasteiger partial charge in [-0.1, -0.05) is 109 Å². The molecule has 0 aliphatic carbocycles. The molecule has 236 valence electrons. The Hall–Kier alpha value is -6.91. The maximum Gasteiger partial charge on any atom is 0.144 e. The molecular formula is C47H27N3O. The van der Waals surface area contributed by atoms with Crippen LogP contribution in [-0.4, -0.2) is 15.0 Å². The summed E-state index contributed by atoms with van der Waals surface area (Å²) < 4.78 is 6.57. The first kappa shape index (κ1) is 28.0. The van der Waals surface area contributed by atoms with E-state index < -0.39 is 0 Å². The quantitative estimate of drug-likeness (QED) is 0.179. The number of pyridine rings is 3. The molecule has 4 aromatic heterocycles. The van der Waals surface area contributed by atoms with Crippen LogP contribution in [0.4, 0.5) is 0 Å². The van der Waals surface area contributed by atoms with Crippen LogP contribution in [0.1, 0.15) is 0 Å². The predicted molar refractivity (Wildman–Crippen MR) is 211 cm³/mol. The van der Waals surface area contributed by atoms with Gasteiger partial charge in [-0.3, -0.25) is 9.97 Å². The standard InChI is InChI=1S/C47H27N3O/c1-2-14-33-32(13-1)31(20-21-34(33)40-27-30-12-8-24-48-45(30)46-36(40)17-9-25-49-46)28-10-7-11-29(26-28)44-39-23-22-37-35-15-4-6-19-42(35)51-47(37)43(39)38-16-3-5-18-41(38)50-44/h1-27H. The molecule has 0 fully saturated rings. The van der Waals surface area contributed by atoms with Crippen molar-refractivity contribution in [3.05, 3.63) is 164 Å². The Morgan fingerprint density at radius 1 is 0.412 bits per heavy atom. The number of furan rings is 1. The monoisotopic (exact) mass is 649 g/mol. The van der Waals surface area contributed by atoms with Gasteiger partial charge in [-0.2, -0.15) is 0 Å². The van der Waals surface area contributed by atoms with Gasteiger partial charge in [0.2, 0.25) is 0 Å². The van der Waals surface area contributed by atoms with Crippen molar-refractivity contribution >= 4 is 76.2 Å². The number of para-hydroxylation sites is 2. The van der Waals surface area contributed by atoms with Crippen molar-refractivity contribution in [1.82, 2.24) is 15.0 Å². The summed E-state index contributed by atoms with van der Waals surface area (Å²) in [7, 11) is 0. The highest BCUT2D eigenvalue weighted by Crippen LogP contribution is 2.43. The zero-order valence-electron chi connectivity index (χ0n) is 27.3. The Labute approximate surface area is 292 Å². The summed E-state index contributed by atoms with van der Waals surface area (Å²) in [5.41, 5.74) is 11.2. The van der Waals surface area contributed by atoms with Crippen LogP contribution in [0.15, 0.2) is 168 Å². The fourth-order valence-corrected chi connectivity index (χ4v) is 8.06. The molecule has 0 unspecified atom stereocenters. The number of rotatable bonds is 3. The molecule has 0 spiro atoms. The average Bonchev–Trinajstić information content (AvgIpc) is 3.59. The maximum absolute atomic E-state index is 6.57. The molecule has 4 heterocycles. The zero-order valence-corrected chi connectivity index (χ0v) is 27.3. The highest BCUT2D eigenvalue weighted by Gasteiger charge is 2.19. The van der Waals surface area contributed by atoms with E-state index in [0.717, 1.165) is 87.8 Å². The Kier molecular flexibility index (Phi) is 5.92. The van der Waals surface area contributed by atoms with Gasteiger partial charge in [-0.05, 0) is 75.5 Å². The molecule has 0 saturated carbocycles. The van der Waals surface area contributed by atoms with Crippen molar-refractivity contribution in [2.24, 2.45) is 0 Å². The van der Waals surface area contributed by atoms with E-state index in [9.17, 15) is 0 Å². The number of nitrogens with zero attached hydrogens (tertiary/aromatic N) is 3. The van der Waals surface area contributed by atoms with Gasteiger partial charge in [0.15, 0.2) is 0 Å². The van der Waals surface area contributed by atoms with E-state index in [-0.39, 0.29) is 0 Å². The molecule has 0 atom stereocenters. The van der Waals surface area contributed by atoms with E-state index in [1.807, 2.05) is 36.7 Å². The predicted octanol–water partition coefficient (Wildman–Crippen LogP) is 12.5. The summed E-state index contributed by atoms with van der Waals surface area (Å²) in [6.07, 6.45) is 3.69. The van der Waals surface area contributed by atoms with Crippen molar-refractivity contribution in [2.45, 2.75) is 0 Å². The van der Waals surface area contributed by atoms with Gasteiger partial charge in [0.25, 0.3) is 0 Å². The summed E-state index contributed by atoms with van der Waals surface area (Å²) in [5.74, 6) is 0. The van der Waals surface area contributed by atoms with E-state index >= 15 is 0 Å². The molecule has 0 amide bonds. The van der Waals surface area contributed by atoms with Crippen LogP contribution in [0, 0.1) is 0 Å². The summed E-state index contributed by atoms with van der Waals surface area (Å²) in [6.45, 7) is 0. The number of fused-ring (bicyclic) bond motifs is 11. The normalized spacial score (nSPS) is 11.9. The number of hydrogen-bond acceptors (Lipinski definition) is 4. The van der Waals surface area contributed by atoms with Crippen molar-refractivity contribution in [3.63, 3.8) is 0 Å². The highest BCUT2D eigenvalue weighted by atomic mass is 16.3. The van der Waals surface area contributed by atoms with E-state index in [1.165, 1.54) is 21.9 Å². The smallest absolute Gasteiger partial charge is 0.144 e. The van der Waals surface area contributed by atoms with Crippen molar-refractivity contribution in [2.75, 3.05) is 0 Å². The average molecular weight is 650 g/mol. The number of benzene rings is 7. The highest BCUT2D eigenvalue weighted by molar-refractivity contribution is 6.25. The second-order valence-electron chi connectivity index (χ2n) is 13.1. The lowest BCUT2D eigenvalue weighted by Crippen LogP contribution is -1.92. The number of hydrogen-bond donors (Lipinski definition) is 0. The van der Waals surface area contributed by atoms with E-state index in [4.69, 9.17) is 14.4 Å². The molecule has 0 bridgehead atoms. The van der Waals surface area contributed by atoms with Gasteiger partial charge in [0.1, 0.15) is 11.2 Å². The van der Waals surface area contributed by atoms with Gasteiger partial charge >= 0.3 is 0 Å². The van der Waals surface area contributed by atoms with Crippen molar-refractivity contribution < 1.29 is 4.42 Å². The molecule has 0 N–H and O–H groups in total. The molecule has 4 nitrogen and oxygen atoms in total. The van der Waals surface area contributed by atoms with E-state index in [1.54, 1.807) is 0 Å². The Morgan fingerprint density at radius 3 is 2.00 bits per heavy atom. The molecule has 51 heavy (non-hydrogen) atoms. The zero-order chi connectivity index (χ0) is 33.5. The molecule has 11 rings (SSSR count). The third-order valence-electron chi connectivity index (χ3n) is 10.3. The van der Waals surface area contributed by atoms with Gasteiger partial charge in [-0.15, -0.1) is 0 Å². The molecule has 7 aromatic carbocycles. The second kappa shape index (κ2) is 10.8. The van der Waals surface area contributed by atoms with Crippen LogP contribution in [-0.2, 0) is 0 Å². The summed E-state index contributed by atoms with van der Waals surface area (Å²) >= 11 is 0. The van der Waals surface area contributed by atoms with Crippen LogP contribution in [0.2, 0.25) is 0 Å². The Morgan fingerprint density at radius 2 is 1.10 bits per heavy atom. The first-order valence-corrected chi connectivity index (χ1v) is 17.2. The van der Waals surface area contributed by atoms with Crippen LogP contribution in [0.25, 0.3) is 110 Å². The minimum Gasteiger partial charge on any atom is -0.455 e. The fraction of sp³-hybridized carbons (Fsp3) is 0.